The number of halogens is 1. The smallest absolute Gasteiger partial charge is 0.251 e. The van der Waals surface area contributed by atoms with Crippen LogP contribution in [-0.2, 0) is 6.54 Å². The van der Waals surface area contributed by atoms with E-state index in [0.717, 1.165) is 33.6 Å². The van der Waals surface area contributed by atoms with Crippen LogP contribution in [0.3, 0.4) is 0 Å². The zero-order chi connectivity index (χ0) is 15.1. The Balaban J connectivity index is 1.79. The van der Waals surface area contributed by atoms with Crippen LogP contribution in [0, 0.1) is 0 Å². The molecule has 0 atom stereocenters. The van der Waals surface area contributed by atoms with Crippen LogP contribution in [0.25, 0.3) is 22.5 Å². The molecule has 6 heteroatoms. The molecule has 5 nitrogen and oxygen atoms in total. The summed E-state index contributed by atoms with van der Waals surface area (Å²) in [4.78, 5) is 15.8. The zero-order valence-corrected chi connectivity index (χ0v) is 12.2. The average molecular weight is 311 g/mol. The second-order valence-corrected chi connectivity index (χ2v) is 5.51. The number of rotatable bonds is 2. The third-order valence-corrected chi connectivity index (χ3v) is 3.92. The van der Waals surface area contributed by atoms with Crippen LogP contribution in [-0.4, -0.2) is 21.1 Å². The van der Waals surface area contributed by atoms with E-state index in [-0.39, 0.29) is 5.91 Å². The normalized spacial score (nSPS) is 13.0. The topological polar surface area (TPSA) is 70.7 Å². The number of carbonyl (C=O) groups excluding carboxylic acids is 1. The average Bonchev–Trinajstić information content (AvgIpc) is 3.15. The van der Waals surface area contributed by atoms with Gasteiger partial charge in [-0.25, -0.2) is 0 Å². The van der Waals surface area contributed by atoms with Crippen LogP contribution in [0.2, 0.25) is 5.02 Å². The second kappa shape index (κ2) is 4.96. The molecule has 1 aliphatic rings. The van der Waals surface area contributed by atoms with Gasteiger partial charge in [0.05, 0.1) is 16.4 Å². The Hall–Kier alpha value is -2.66. The van der Waals surface area contributed by atoms with Crippen molar-refractivity contribution in [2.24, 2.45) is 0 Å². The minimum absolute atomic E-state index is 0.0318. The van der Waals surface area contributed by atoms with Crippen LogP contribution < -0.4 is 5.32 Å². The number of hydrogen-bond acceptors (Lipinski definition) is 3. The highest BCUT2D eigenvalue weighted by Crippen LogP contribution is 2.30. The minimum Gasteiger partial charge on any atom is -0.348 e. The molecule has 0 bridgehead atoms. The Labute approximate surface area is 131 Å². The molecule has 0 saturated heterocycles. The van der Waals surface area contributed by atoms with Crippen molar-refractivity contribution in [3.05, 3.63) is 58.9 Å². The van der Waals surface area contributed by atoms with Crippen LogP contribution >= 0.6 is 11.6 Å². The van der Waals surface area contributed by atoms with Gasteiger partial charge in [-0.15, -0.1) is 0 Å². The highest BCUT2D eigenvalue weighted by molar-refractivity contribution is 6.30. The van der Waals surface area contributed by atoms with Gasteiger partial charge in [0, 0.05) is 35.6 Å². The number of hydrogen-bond donors (Lipinski definition) is 2. The Bertz CT molecular complexity index is 887. The number of nitrogens with zero attached hydrogens (tertiary/aromatic N) is 2. The maximum atomic E-state index is 11.8. The lowest BCUT2D eigenvalue weighted by molar-refractivity contribution is 0.0966. The highest BCUT2D eigenvalue weighted by atomic mass is 35.5. The molecule has 0 unspecified atom stereocenters. The molecule has 22 heavy (non-hydrogen) atoms. The maximum absolute atomic E-state index is 11.8. The van der Waals surface area contributed by atoms with Crippen LogP contribution in [0.1, 0.15) is 15.9 Å². The lowest BCUT2D eigenvalue weighted by Gasteiger charge is -2.03. The predicted octanol–water partition coefficient (Wildman–Crippen LogP) is 3.04. The van der Waals surface area contributed by atoms with Gasteiger partial charge in [-0.05, 0) is 23.8 Å². The standard InChI is InChI=1S/C16H11ClN4O/c17-10-4-9(6-18-7-10)14-5-15(21-20-14)11-2-1-3-12-13(11)8-19-16(12)22/h1-7H,8H2,(H,19,22)(H,20,21). The van der Waals surface area contributed by atoms with E-state index in [1.807, 2.05) is 30.3 Å². The maximum Gasteiger partial charge on any atom is 0.251 e. The summed E-state index contributed by atoms with van der Waals surface area (Å²) in [5.41, 5.74) is 5.16. The molecular formula is C16H11ClN4O. The summed E-state index contributed by atoms with van der Waals surface area (Å²) in [7, 11) is 0. The van der Waals surface area contributed by atoms with E-state index in [1.54, 1.807) is 12.4 Å². The van der Waals surface area contributed by atoms with Gasteiger partial charge in [0.2, 0.25) is 0 Å². The number of aromatic amines is 1. The molecule has 1 aromatic carbocycles. The highest BCUT2D eigenvalue weighted by Gasteiger charge is 2.22. The molecule has 1 aliphatic heterocycles. The van der Waals surface area contributed by atoms with E-state index in [0.29, 0.717) is 11.6 Å². The fourth-order valence-corrected chi connectivity index (χ4v) is 2.84. The largest absolute Gasteiger partial charge is 0.348 e. The molecule has 1 amide bonds. The molecule has 3 heterocycles. The lowest BCUT2D eigenvalue weighted by Crippen LogP contribution is -2.12. The fourth-order valence-electron chi connectivity index (χ4n) is 2.67. The summed E-state index contributed by atoms with van der Waals surface area (Å²) < 4.78 is 0. The predicted molar refractivity (Wildman–Crippen MR) is 83.4 cm³/mol. The Morgan fingerprint density at radius 2 is 2.00 bits per heavy atom. The summed E-state index contributed by atoms with van der Waals surface area (Å²) >= 11 is 5.97. The number of carbonyl (C=O) groups is 1. The molecule has 2 N–H and O–H groups in total. The fraction of sp³-hybridized carbons (Fsp3) is 0.0625. The van der Waals surface area contributed by atoms with Crippen molar-refractivity contribution >= 4 is 17.5 Å². The van der Waals surface area contributed by atoms with Crippen molar-refractivity contribution in [1.29, 1.82) is 0 Å². The second-order valence-electron chi connectivity index (χ2n) is 5.07. The van der Waals surface area contributed by atoms with E-state index >= 15 is 0 Å². The van der Waals surface area contributed by atoms with Crippen molar-refractivity contribution in [3.63, 3.8) is 0 Å². The molecular weight excluding hydrogens is 300 g/mol. The van der Waals surface area contributed by atoms with Crippen molar-refractivity contribution in [2.45, 2.75) is 6.54 Å². The van der Waals surface area contributed by atoms with Gasteiger partial charge in [-0.1, -0.05) is 23.7 Å². The Morgan fingerprint density at radius 1 is 1.14 bits per heavy atom. The lowest BCUT2D eigenvalue weighted by atomic mass is 10.0. The first-order chi connectivity index (χ1) is 10.7. The SMILES string of the molecule is O=C1NCc2c1cccc2-c1cc(-c2cncc(Cl)c2)n[nH]1. The monoisotopic (exact) mass is 310 g/mol. The number of nitrogens with one attached hydrogen (secondary N) is 2. The van der Waals surface area contributed by atoms with E-state index in [2.05, 4.69) is 20.5 Å². The molecule has 4 rings (SSSR count). The molecule has 0 spiro atoms. The number of aromatic nitrogens is 3. The molecule has 0 saturated carbocycles. The van der Waals surface area contributed by atoms with Gasteiger partial charge in [0.15, 0.2) is 0 Å². The first kappa shape index (κ1) is 13.0. The van der Waals surface area contributed by atoms with Crippen LogP contribution in [0.5, 0.6) is 0 Å². The quantitative estimate of drug-likeness (QED) is 0.764. The van der Waals surface area contributed by atoms with Crippen molar-refractivity contribution in [1.82, 2.24) is 20.5 Å². The van der Waals surface area contributed by atoms with E-state index in [9.17, 15) is 4.79 Å². The molecule has 108 valence electrons. The van der Waals surface area contributed by atoms with Crippen LogP contribution in [0.15, 0.2) is 42.7 Å². The van der Waals surface area contributed by atoms with Crippen molar-refractivity contribution in [2.75, 3.05) is 0 Å². The molecule has 0 aliphatic carbocycles. The van der Waals surface area contributed by atoms with Gasteiger partial charge < -0.3 is 5.32 Å². The number of fused-ring (bicyclic) bond motifs is 1. The van der Waals surface area contributed by atoms with Gasteiger partial charge in [0.25, 0.3) is 5.91 Å². The van der Waals surface area contributed by atoms with E-state index in [1.165, 1.54) is 0 Å². The molecule has 3 aromatic rings. The Morgan fingerprint density at radius 3 is 2.86 bits per heavy atom. The number of benzene rings is 1. The van der Waals surface area contributed by atoms with E-state index < -0.39 is 0 Å². The first-order valence-corrected chi connectivity index (χ1v) is 7.17. The summed E-state index contributed by atoms with van der Waals surface area (Å²) in [5.74, 6) is -0.0318. The molecule has 0 fully saturated rings. The summed E-state index contributed by atoms with van der Waals surface area (Å²) in [6.07, 6.45) is 3.30. The van der Waals surface area contributed by atoms with Crippen molar-refractivity contribution in [3.8, 4) is 22.5 Å². The van der Waals surface area contributed by atoms with Gasteiger partial charge >= 0.3 is 0 Å². The van der Waals surface area contributed by atoms with E-state index in [4.69, 9.17) is 11.6 Å². The third-order valence-electron chi connectivity index (χ3n) is 3.72. The Kier molecular flexibility index (Phi) is 2.94. The number of pyridine rings is 1. The minimum atomic E-state index is -0.0318. The number of H-pyrrole nitrogens is 1. The first-order valence-electron chi connectivity index (χ1n) is 6.79. The van der Waals surface area contributed by atoms with Crippen molar-refractivity contribution < 1.29 is 4.79 Å². The van der Waals surface area contributed by atoms with Crippen LogP contribution in [0.4, 0.5) is 0 Å². The molecule has 2 aromatic heterocycles. The zero-order valence-electron chi connectivity index (χ0n) is 11.4. The molecule has 0 radical (unpaired) electrons. The third kappa shape index (κ3) is 2.07. The van der Waals surface area contributed by atoms with Gasteiger partial charge in [-0.2, -0.15) is 5.10 Å². The number of amides is 1. The summed E-state index contributed by atoms with van der Waals surface area (Å²) in [5, 5.41) is 10.8. The summed E-state index contributed by atoms with van der Waals surface area (Å²) in [6.45, 7) is 0.539. The van der Waals surface area contributed by atoms with Gasteiger partial charge in [-0.3, -0.25) is 14.9 Å². The van der Waals surface area contributed by atoms with Gasteiger partial charge in [0.1, 0.15) is 0 Å². The summed E-state index contributed by atoms with van der Waals surface area (Å²) in [6, 6.07) is 9.44.